The summed E-state index contributed by atoms with van der Waals surface area (Å²) in [6, 6.07) is 7.46. The van der Waals surface area contributed by atoms with Crippen LogP contribution in [0.25, 0.3) is 0 Å². The molecule has 8 nitrogen and oxygen atoms in total. The number of anilines is 1. The second-order valence-electron chi connectivity index (χ2n) is 6.57. The van der Waals surface area contributed by atoms with Crippen molar-refractivity contribution in [3.8, 4) is 0 Å². The van der Waals surface area contributed by atoms with Crippen molar-refractivity contribution >= 4 is 17.7 Å². The van der Waals surface area contributed by atoms with Crippen LogP contribution in [0.15, 0.2) is 42.9 Å². The first kappa shape index (κ1) is 19.6. The van der Waals surface area contributed by atoms with Crippen LogP contribution < -0.4 is 10.6 Å². The predicted molar refractivity (Wildman–Crippen MR) is 105 cm³/mol. The van der Waals surface area contributed by atoms with Crippen molar-refractivity contribution in [3.05, 3.63) is 54.1 Å². The SMILES string of the molecule is CCOC(=O)N1CCC(NC(=O)c2ccc(NCc3ccncc3)cn2)CC1. The van der Waals surface area contributed by atoms with Gasteiger partial charge in [0.2, 0.25) is 0 Å². The van der Waals surface area contributed by atoms with Crippen molar-refractivity contribution in [2.75, 3.05) is 25.0 Å². The second kappa shape index (κ2) is 9.68. The molecule has 0 aliphatic carbocycles. The summed E-state index contributed by atoms with van der Waals surface area (Å²) >= 11 is 0. The monoisotopic (exact) mass is 383 g/mol. The molecule has 1 fully saturated rings. The third kappa shape index (κ3) is 5.42. The first-order valence-corrected chi connectivity index (χ1v) is 9.47. The molecule has 2 N–H and O–H groups in total. The highest BCUT2D eigenvalue weighted by Crippen LogP contribution is 2.13. The van der Waals surface area contributed by atoms with Gasteiger partial charge < -0.3 is 20.3 Å². The molecule has 0 aromatic carbocycles. The quantitative estimate of drug-likeness (QED) is 0.795. The molecule has 3 heterocycles. The summed E-state index contributed by atoms with van der Waals surface area (Å²) in [5, 5.41) is 6.26. The summed E-state index contributed by atoms with van der Waals surface area (Å²) in [6.45, 7) is 3.98. The van der Waals surface area contributed by atoms with E-state index in [2.05, 4.69) is 20.6 Å². The molecular formula is C20H25N5O3. The second-order valence-corrected chi connectivity index (χ2v) is 6.57. The van der Waals surface area contributed by atoms with Gasteiger partial charge in [-0.15, -0.1) is 0 Å². The highest BCUT2D eigenvalue weighted by atomic mass is 16.6. The van der Waals surface area contributed by atoms with Crippen LogP contribution >= 0.6 is 0 Å². The van der Waals surface area contributed by atoms with E-state index in [0.29, 0.717) is 44.8 Å². The molecule has 0 bridgehead atoms. The summed E-state index contributed by atoms with van der Waals surface area (Å²) in [5.74, 6) is -0.199. The van der Waals surface area contributed by atoms with Gasteiger partial charge in [0.15, 0.2) is 0 Å². The summed E-state index contributed by atoms with van der Waals surface area (Å²) in [5.41, 5.74) is 2.34. The third-order valence-corrected chi connectivity index (χ3v) is 4.60. The Morgan fingerprint density at radius 3 is 2.57 bits per heavy atom. The minimum Gasteiger partial charge on any atom is -0.450 e. The van der Waals surface area contributed by atoms with E-state index >= 15 is 0 Å². The van der Waals surface area contributed by atoms with E-state index in [1.54, 1.807) is 36.5 Å². The zero-order chi connectivity index (χ0) is 19.8. The van der Waals surface area contributed by atoms with Crippen molar-refractivity contribution in [2.45, 2.75) is 32.4 Å². The molecule has 0 atom stereocenters. The Hall–Kier alpha value is -3.16. The van der Waals surface area contributed by atoms with Crippen LogP contribution in [-0.4, -0.2) is 52.6 Å². The van der Waals surface area contributed by atoms with E-state index in [1.807, 2.05) is 18.2 Å². The molecule has 2 aromatic heterocycles. The smallest absolute Gasteiger partial charge is 0.409 e. The summed E-state index contributed by atoms with van der Waals surface area (Å²) < 4.78 is 5.01. The van der Waals surface area contributed by atoms with Gasteiger partial charge in [0.25, 0.3) is 5.91 Å². The van der Waals surface area contributed by atoms with E-state index in [0.717, 1.165) is 11.3 Å². The average Bonchev–Trinajstić information content (AvgIpc) is 2.74. The average molecular weight is 383 g/mol. The lowest BCUT2D eigenvalue weighted by Crippen LogP contribution is -2.46. The molecule has 0 unspecified atom stereocenters. The molecule has 28 heavy (non-hydrogen) atoms. The van der Waals surface area contributed by atoms with Gasteiger partial charge in [-0.1, -0.05) is 0 Å². The van der Waals surface area contributed by atoms with Crippen LogP contribution in [0.5, 0.6) is 0 Å². The predicted octanol–water partition coefficient (Wildman–Crippen LogP) is 2.44. The van der Waals surface area contributed by atoms with E-state index in [1.165, 1.54) is 0 Å². The normalized spacial score (nSPS) is 14.4. The minimum atomic E-state index is -0.288. The zero-order valence-electron chi connectivity index (χ0n) is 15.9. The number of carbonyl (C=O) groups excluding carboxylic acids is 2. The number of piperidine rings is 1. The van der Waals surface area contributed by atoms with Crippen LogP contribution in [0, 0.1) is 0 Å². The maximum Gasteiger partial charge on any atom is 0.409 e. The number of rotatable bonds is 6. The van der Waals surface area contributed by atoms with E-state index in [4.69, 9.17) is 4.74 Å². The zero-order valence-corrected chi connectivity index (χ0v) is 15.9. The maximum absolute atomic E-state index is 12.4. The van der Waals surface area contributed by atoms with Gasteiger partial charge in [0.1, 0.15) is 5.69 Å². The first-order valence-electron chi connectivity index (χ1n) is 9.47. The van der Waals surface area contributed by atoms with Crippen molar-refractivity contribution < 1.29 is 14.3 Å². The maximum atomic E-state index is 12.4. The molecule has 2 amide bonds. The van der Waals surface area contributed by atoms with Gasteiger partial charge in [-0.25, -0.2) is 9.78 Å². The Kier molecular flexibility index (Phi) is 6.78. The molecular weight excluding hydrogens is 358 g/mol. The molecule has 0 saturated carbocycles. The largest absolute Gasteiger partial charge is 0.450 e. The third-order valence-electron chi connectivity index (χ3n) is 4.60. The van der Waals surface area contributed by atoms with Crippen LogP contribution in [0.1, 0.15) is 35.8 Å². The number of carbonyl (C=O) groups is 2. The molecule has 1 aliphatic heterocycles. The molecule has 3 rings (SSSR count). The van der Waals surface area contributed by atoms with Crippen molar-refractivity contribution in [2.24, 2.45) is 0 Å². The number of nitrogens with one attached hydrogen (secondary N) is 2. The number of likely N-dealkylation sites (tertiary alicyclic amines) is 1. The van der Waals surface area contributed by atoms with Crippen LogP contribution in [0.3, 0.4) is 0 Å². The fourth-order valence-corrected chi connectivity index (χ4v) is 3.02. The Labute approximate surface area is 164 Å². The first-order chi connectivity index (χ1) is 13.7. The number of pyridine rings is 2. The molecule has 0 radical (unpaired) electrons. The Bertz CT molecular complexity index is 774. The van der Waals surface area contributed by atoms with Gasteiger partial charge in [0.05, 0.1) is 18.5 Å². The summed E-state index contributed by atoms with van der Waals surface area (Å²) in [7, 11) is 0. The molecule has 0 spiro atoms. The number of hydrogen-bond acceptors (Lipinski definition) is 6. The van der Waals surface area contributed by atoms with Crippen molar-refractivity contribution in [3.63, 3.8) is 0 Å². The standard InChI is InChI=1S/C20H25N5O3/c1-2-28-20(27)25-11-7-16(8-12-25)24-19(26)18-4-3-17(14-23-18)22-13-15-5-9-21-10-6-15/h3-6,9-10,14,16,22H,2,7-8,11-13H2,1H3,(H,24,26). The summed E-state index contributed by atoms with van der Waals surface area (Å²) in [6.07, 6.45) is 6.27. The van der Waals surface area contributed by atoms with Crippen molar-refractivity contribution in [1.29, 1.82) is 0 Å². The fourth-order valence-electron chi connectivity index (χ4n) is 3.02. The number of nitrogens with zero attached hydrogens (tertiary/aromatic N) is 3. The highest BCUT2D eigenvalue weighted by molar-refractivity contribution is 5.92. The van der Waals surface area contributed by atoms with Crippen LogP contribution in [-0.2, 0) is 11.3 Å². The fraction of sp³-hybridized carbons (Fsp3) is 0.400. The minimum absolute atomic E-state index is 0.0319. The molecule has 2 aromatic rings. The Morgan fingerprint density at radius 1 is 1.18 bits per heavy atom. The van der Waals surface area contributed by atoms with Crippen LogP contribution in [0.2, 0.25) is 0 Å². The van der Waals surface area contributed by atoms with Gasteiger partial charge in [-0.3, -0.25) is 9.78 Å². The lowest BCUT2D eigenvalue weighted by atomic mass is 10.1. The lowest BCUT2D eigenvalue weighted by Gasteiger charge is -2.31. The number of amides is 2. The van der Waals surface area contributed by atoms with E-state index in [-0.39, 0.29) is 18.0 Å². The van der Waals surface area contributed by atoms with Gasteiger partial charge in [0, 0.05) is 38.1 Å². The molecule has 1 aliphatic rings. The Balaban J connectivity index is 1.45. The highest BCUT2D eigenvalue weighted by Gasteiger charge is 2.25. The topological polar surface area (TPSA) is 96.5 Å². The molecule has 148 valence electrons. The van der Waals surface area contributed by atoms with E-state index in [9.17, 15) is 9.59 Å². The van der Waals surface area contributed by atoms with Gasteiger partial charge >= 0.3 is 6.09 Å². The van der Waals surface area contributed by atoms with E-state index < -0.39 is 0 Å². The number of ether oxygens (including phenoxy) is 1. The van der Waals surface area contributed by atoms with Gasteiger partial charge in [-0.05, 0) is 49.6 Å². The Morgan fingerprint density at radius 2 is 1.93 bits per heavy atom. The summed E-state index contributed by atoms with van der Waals surface area (Å²) in [4.78, 5) is 34.1. The van der Waals surface area contributed by atoms with Crippen LogP contribution in [0.4, 0.5) is 10.5 Å². The van der Waals surface area contributed by atoms with Crippen molar-refractivity contribution in [1.82, 2.24) is 20.2 Å². The number of hydrogen-bond donors (Lipinski definition) is 2. The van der Waals surface area contributed by atoms with Gasteiger partial charge in [-0.2, -0.15) is 0 Å². The number of aromatic nitrogens is 2. The molecule has 8 heteroatoms. The lowest BCUT2D eigenvalue weighted by molar-refractivity contribution is 0.0856. The molecule has 1 saturated heterocycles.